The van der Waals surface area contributed by atoms with Crippen molar-refractivity contribution in [2.45, 2.75) is 50.4 Å². The molecule has 2 aromatic carbocycles. The summed E-state index contributed by atoms with van der Waals surface area (Å²) < 4.78 is 0. The second kappa shape index (κ2) is 4.29. The summed E-state index contributed by atoms with van der Waals surface area (Å²) in [6.07, 6.45) is 10.2. The first-order valence-corrected chi connectivity index (χ1v) is 9.51. The van der Waals surface area contributed by atoms with E-state index >= 15 is 0 Å². The lowest BCUT2D eigenvalue weighted by atomic mass is 9.47. The molecule has 0 heteroatoms. The number of hydrogen-bond acceptors (Lipinski definition) is 0. The summed E-state index contributed by atoms with van der Waals surface area (Å²) in [6, 6.07) is 16.3. The van der Waals surface area contributed by atoms with Gasteiger partial charge in [-0.1, -0.05) is 42.5 Å². The topological polar surface area (TPSA) is 0 Å². The molecule has 0 nitrogen and oxygen atoms in total. The van der Waals surface area contributed by atoms with Gasteiger partial charge in [-0.3, -0.25) is 0 Å². The van der Waals surface area contributed by atoms with Gasteiger partial charge in [0.2, 0.25) is 0 Å². The SMILES string of the molecule is c1ccc2c(c1)Cc1c-2cccc1C12CC3CC(CC(C3)C1)C2. The Morgan fingerprint density at radius 2 is 1.35 bits per heavy atom. The standard InChI is InChI=1S/C23H24/c1-2-5-19-18(4-1)11-21-20(19)6-3-7-22(21)23-12-15-8-16(13-23)10-17(9-15)14-23/h1-7,15-17H,8-14H2. The first-order chi connectivity index (χ1) is 11.3. The third kappa shape index (κ3) is 1.67. The van der Waals surface area contributed by atoms with Crippen molar-refractivity contribution in [1.82, 2.24) is 0 Å². The molecule has 4 saturated carbocycles. The Morgan fingerprint density at radius 3 is 2.09 bits per heavy atom. The van der Waals surface area contributed by atoms with E-state index in [2.05, 4.69) is 42.5 Å². The summed E-state index contributed by atoms with van der Waals surface area (Å²) in [4.78, 5) is 0. The van der Waals surface area contributed by atoms with E-state index in [1.54, 1.807) is 16.7 Å². The van der Waals surface area contributed by atoms with Crippen molar-refractivity contribution in [3.05, 3.63) is 59.2 Å². The molecule has 5 aliphatic rings. The third-order valence-corrected chi connectivity index (χ3v) is 7.46. The highest BCUT2D eigenvalue weighted by molar-refractivity contribution is 5.78. The van der Waals surface area contributed by atoms with Gasteiger partial charge in [-0.2, -0.15) is 0 Å². The maximum absolute atomic E-state index is 2.50. The van der Waals surface area contributed by atoms with E-state index < -0.39 is 0 Å². The third-order valence-electron chi connectivity index (χ3n) is 7.46. The minimum absolute atomic E-state index is 0.530. The predicted octanol–water partition coefficient (Wildman–Crippen LogP) is 5.73. The number of benzene rings is 2. The normalized spacial score (nSPS) is 36.1. The molecule has 0 spiro atoms. The minimum atomic E-state index is 0.530. The molecule has 0 atom stereocenters. The van der Waals surface area contributed by atoms with Crippen LogP contribution < -0.4 is 0 Å². The van der Waals surface area contributed by atoms with Crippen LogP contribution in [0.1, 0.15) is 55.2 Å². The van der Waals surface area contributed by atoms with Crippen molar-refractivity contribution in [2.24, 2.45) is 17.8 Å². The maximum Gasteiger partial charge on any atom is -0.00105 e. The van der Waals surface area contributed by atoms with E-state index in [-0.39, 0.29) is 0 Å². The van der Waals surface area contributed by atoms with Crippen molar-refractivity contribution < 1.29 is 0 Å². The van der Waals surface area contributed by atoms with Crippen molar-refractivity contribution >= 4 is 0 Å². The second-order valence-corrected chi connectivity index (χ2v) is 8.86. The van der Waals surface area contributed by atoms with Gasteiger partial charge in [0.25, 0.3) is 0 Å². The Hall–Kier alpha value is -1.56. The van der Waals surface area contributed by atoms with Gasteiger partial charge < -0.3 is 0 Å². The van der Waals surface area contributed by atoms with Gasteiger partial charge in [-0.15, -0.1) is 0 Å². The number of fused-ring (bicyclic) bond motifs is 3. The van der Waals surface area contributed by atoms with Gasteiger partial charge >= 0.3 is 0 Å². The number of hydrogen-bond donors (Lipinski definition) is 0. The van der Waals surface area contributed by atoms with Crippen LogP contribution in [-0.4, -0.2) is 0 Å². The lowest BCUT2D eigenvalue weighted by molar-refractivity contribution is -0.00549. The minimum Gasteiger partial charge on any atom is -0.0619 e. The van der Waals surface area contributed by atoms with Gasteiger partial charge in [-0.25, -0.2) is 0 Å². The summed E-state index contributed by atoms with van der Waals surface area (Å²) in [6.45, 7) is 0. The van der Waals surface area contributed by atoms with Crippen LogP contribution in [0.15, 0.2) is 42.5 Å². The summed E-state index contributed by atoms with van der Waals surface area (Å²) in [5.74, 6) is 3.09. The smallest absolute Gasteiger partial charge is 0.00105 e. The lowest BCUT2D eigenvalue weighted by Crippen LogP contribution is -2.48. The van der Waals surface area contributed by atoms with Crippen LogP contribution in [0.25, 0.3) is 11.1 Å². The molecule has 116 valence electrons. The maximum atomic E-state index is 2.50. The zero-order chi connectivity index (χ0) is 15.0. The molecule has 0 amide bonds. The van der Waals surface area contributed by atoms with Crippen LogP contribution in [0.5, 0.6) is 0 Å². The molecule has 23 heavy (non-hydrogen) atoms. The summed E-state index contributed by atoms with van der Waals surface area (Å²) in [5, 5.41) is 0. The molecule has 7 rings (SSSR count). The zero-order valence-electron chi connectivity index (χ0n) is 13.7. The van der Waals surface area contributed by atoms with Gasteiger partial charge in [-0.05, 0) is 95.9 Å². The van der Waals surface area contributed by atoms with Gasteiger partial charge in [0, 0.05) is 0 Å². The molecular formula is C23H24. The lowest BCUT2D eigenvalue weighted by Gasteiger charge is -2.57. The van der Waals surface area contributed by atoms with E-state index in [0.29, 0.717) is 5.41 Å². The second-order valence-electron chi connectivity index (χ2n) is 8.86. The molecule has 5 aliphatic carbocycles. The van der Waals surface area contributed by atoms with Crippen molar-refractivity contribution in [3.63, 3.8) is 0 Å². The quantitative estimate of drug-likeness (QED) is 0.538. The van der Waals surface area contributed by atoms with Crippen LogP contribution in [0.4, 0.5) is 0 Å². The van der Waals surface area contributed by atoms with Crippen LogP contribution in [0.2, 0.25) is 0 Å². The molecule has 4 fully saturated rings. The monoisotopic (exact) mass is 300 g/mol. The van der Waals surface area contributed by atoms with E-state index in [4.69, 9.17) is 0 Å². The average molecular weight is 300 g/mol. The van der Waals surface area contributed by atoms with Crippen molar-refractivity contribution in [3.8, 4) is 11.1 Å². The predicted molar refractivity (Wildman–Crippen MR) is 94.5 cm³/mol. The van der Waals surface area contributed by atoms with Gasteiger partial charge in [0.15, 0.2) is 0 Å². The largest absolute Gasteiger partial charge is 0.0619 e. The Labute approximate surface area is 138 Å². The average Bonchev–Trinajstić information content (AvgIpc) is 2.92. The Bertz CT molecular complexity index is 762. The summed E-state index contributed by atoms with van der Waals surface area (Å²) in [5.41, 5.74) is 8.52. The molecule has 0 unspecified atom stereocenters. The Balaban J connectivity index is 1.52. The van der Waals surface area contributed by atoms with Crippen molar-refractivity contribution in [1.29, 1.82) is 0 Å². The Morgan fingerprint density at radius 1 is 0.696 bits per heavy atom. The highest BCUT2D eigenvalue weighted by Crippen LogP contribution is 2.62. The molecule has 0 aromatic heterocycles. The molecule has 0 N–H and O–H groups in total. The highest BCUT2D eigenvalue weighted by atomic mass is 14.6. The Kier molecular flexibility index (Phi) is 2.39. The van der Waals surface area contributed by atoms with E-state index in [0.717, 1.165) is 17.8 Å². The van der Waals surface area contributed by atoms with Crippen LogP contribution in [-0.2, 0) is 11.8 Å². The fourth-order valence-electron chi connectivity index (χ4n) is 7.09. The molecule has 0 radical (unpaired) electrons. The van der Waals surface area contributed by atoms with Crippen LogP contribution >= 0.6 is 0 Å². The molecule has 4 bridgehead atoms. The fraction of sp³-hybridized carbons (Fsp3) is 0.478. The first kappa shape index (κ1) is 12.8. The van der Waals surface area contributed by atoms with Gasteiger partial charge in [0.05, 0.1) is 0 Å². The molecule has 0 saturated heterocycles. The van der Waals surface area contributed by atoms with Crippen LogP contribution in [0, 0.1) is 17.8 Å². The summed E-state index contributed by atoms with van der Waals surface area (Å²) in [7, 11) is 0. The zero-order valence-corrected chi connectivity index (χ0v) is 13.7. The summed E-state index contributed by atoms with van der Waals surface area (Å²) >= 11 is 0. The fourth-order valence-corrected chi connectivity index (χ4v) is 7.09. The highest BCUT2D eigenvalue weighted by Gasteiger charge is 2.52. The number of rotatable bonds is 1. The van der Waals surface area contributed by atoms with E-state index in [1.807, 2.05) is 0 Å². The van der Waals surface area contributed by atoms with Crippen molar-refractivity contribution in [2.75, 3.05) is 0 Å². The molecular weight excluding hydrogens is 276 g/mol. The molecule has 0 aliphatic heterocycles. The molecule has 2 aromatic rings. The van der Waals surface area contributed by atoms with Gasteiger partial charge in [0.1, 0.15) is 0 Å². The first-order valence-electron chi connectivity index (χ1n) is 9.51. The van der Waals surface area contributed by atoms with E-state index in [1.165, 1.54) is 56.1 Å². The molecule has 0 heterocycles. The van der Waals surface area contributed by atoms with Crippen LogP contribution in [0.3, 0.4) is 0 Å². The van der Waals surface area contributed by atoms with E-state index in [9.17, 15) is 0 Å².